The van der Waals surface area contributed by atoms with Crippen LogP contribution in [0.25, 0.3) is 10.9 Å². The fourth-order valence-corrected chi connectivity index (χ4v) is 5.70. The highest BCUT2D eigenvalue weighted by Gasteiger charge is 2.34. The van der Waals surface area contributed by atoms with Gasteiger partial charge in [-0.15, -0.1) is 0 Å². The Kier molecular flexibility index (Phi) is 7.85. The van der Waals surface area contributed by atoms with Crippen molar-refractivity contribution in [2.45, 2.75) is 83.6 Å². The van der Waals surface area contributed by atoms with Gasteiger partial charge in [-0.25, -0.2) is 0 Å². The van der Waals surface area contributed by atoms with Crippen LogP contribution in [0.1, 0.15) is 94.0 Å². The van der Waals surface area contributed by atoms with E-state index in [-0.39, 0.29) is 6.04 Å². The molecule has 0 spiro atoms. The third-order valence-electron chi connectivity index (χ3n) is 6.71. The summed E-state index contributed by atoms with van der Waals surface area (Å²) in [5.74, 6) is 0.309. The minimum atomic E-state index is 0.0217. The van der Waals surface area contributed by atoms with Gasteiger partial charge in [0.15, 0.2) is 0 Å². The molecule has 0 saturated heterocycles. The van der Waals surface area contributed by atoms with Crippen molar-refractivity contribution in [1.29, 1.82) is 0 Å². The first kappa shape index (κ1) is 22.1. The van der Waals surface area contributed by atoms with E-state index in [0.29, 0.717) is 12.3 Å². The number of thiophene rings is 1. The van der Waals surface area contributed by atoms with Crippen molar-refractivity contribution in [2.24, 2.45) is 0 Å². The lowest BCUT2D eigenvalue weighted by atomic mass is 9.93. The molecule has 1 aromatic carbocycles. The molecule has 1 aliphatic rings. The Morgan fingerprint density at radius 1 is 1.03 bits per heavy atom. The second-order valence-electron chi connectivity index (χ2n) is 8.94. The van der Waals surface area contributed by atoms with Crippen LogP contribution in [0.3, 0.4) is 0 Å². The van der Waals surface area contributed by atoms with Gasteiger partial charge in [-0.05, 0) is 46.9 Å². The van der Waals surface area contributed by atoms with Crippen LogP contribution in [-0.4, -0.2) is 22.3 Å². The Morgan fingerprint density at radius 2 is 1.77 bits per heavy atom. The third-order valence-corrected chi connectivity index (χ3v) is 7.41. The number of unbranched alkanes of at least 4 members (excludes halogenated alkanes) is 8. The van der Waals surface area contributed by atoms with Crippen molar-refractivity contribution in [3.8, 4) is 0 Å². The SMILES string of the molecule is CCCCCCCCCCCC(=O)N1CCc2c([nH]c3ccccc23)C1c1ccsc1. The van der Waals surface area contributed by atoms with Crippen LogP contribution in [0.5, 0.6) is 0 Å². The Hall–Kier alpha value is -2.07. The van der Waals surface area contributed by atoms with Gasteiger partial charge in [-0.2, -0.15) is 11.3 Å². The molecular weight excluding hydrogens is 400 g/mol. The number of carbonyl (C=O) groups excluding carboxylic acids is 1. The highest BCUT2D eigenvalue weighted by Crippen LogP contribution is 2.39. The minimum absolute atomic E-state index is 0.0217. The number of aromatic amines is 1. The molecule has 0 saturated carbocycles. The number of benzene rings is 1. The Labute approximate surface area is 190 Å². The number of para-hydroxylation sites is 1. The number of nitrogens with zero attached hydrogens (tertiary/aromatic N) is 1. The van der Waals surface area contributed by atoms with Gasteiger partial charge in [0.25, 0.3) is 0 Å². The molecule has 4 heteroatoms. The fourth-order valence-electron chi connectivity index (χ4n) is 5.02. The summed E-state index contributed by atoms with van der Waals surface area (Å²) in [7, 11) is 0. The predicted molar refractivity (Wildman–Crippen MR) is 132 cm³/mol. The molecule has 1 unspecified atom stereocenters. The van der Waals surface area contributed by atoms with Gasteiger partial charge in [-0.3, -0.25) is 4.79 Å². The van der Waals surface area contributed by atoms with E-state index in [9.17, 15) is 4.79 Å². The maximum Gasteiger partial charge on any atom is 0.223 e. The molecule has 1 amide bonds. The number of hydrogen-bond donors (Lipinski definition) is 1. The minimum Gasteiger partial charge on any atom is -0.356 e. The molecule has 4 rings (SSSR count). The number of aromatic nitrogens is 1. The van der Waals surface area contributed by atoms with Crippen LogP contribution in [0.15, 0.2) is 41.1 Å². The number of nitrogens with one attached hydrogen (secondary N) is 1. The number of hydrogen-bond acceptors (Lipinski definition) is 2. The Morgan fingerprint density at radius 3 is 2.52 bits per heavy atom. The fraction of sp³-hybridized carbons (Fsp3) is 0.519. The van der Waals surface area contributed by atoms with Crippen molar-refractivity contribution < 1.29 is 4.79 Å². The van der Waals surface area contributed by atoms with Gasteiger partial charge < -0.3 is 9.88 Å². The monoisotopic (exact) mass is 436 g/mol. The van der Waals surface area contributed by atoms with Crippen molar-refractivity contribution in [3.63, 3.8) is 0 Å². The molecule has 1 atom stereocenters. The zero-order valence-electron chi connectivity index (χ0n) is 18.9. The molecule has 0 aliphatic carbocycles. The van der Waals surface area contributed by atoms with Gasteiger partial charge in [0.05, 0.1) is 6.04 Å². The van der Waals surface area contributed by atoms with Crippen LogP contribution in [-0.2, 0) is 11.2 Å². The average Bonchev–Trinajstić information content (AvgIpc) is 3.45. The first-order chi connectivity index (χ1) is 15.3. The zero-order valence-corrected chi connectivity index (χ0v) is 19.7. The van der Waals surface area contributed by atoms with Crippen LogP contribution < -0.4 is 0 Å². The first-order valence-electron chi connectivity index (χ1n) is 12.2. The second kappa shape index (κ2) is 11.0. The van der Waals surface area contributed by atoms with Crippen LogP contribution in [0.4, 0.5) is 0 Å². The number of amides is 1. The van der Waals surface area contributed by atoms with Crippen LogP contribution in [0, 0.1) is 0 Å². The summed E-state index contributed by atoms with van der Waals surface area (Å²) in [6, 6.07) is 10.7. The van der Waals surface area contributed by atoms with E-state index < -0.39 is 0 Å². The van der Waals surface area contributed by atoms with Gasteiger partial charge in [-0.1, -0.05) is 76.5 Å². The van der Waals surface area contributed by atoms with Crippen molar-refractivity contribution in [2.75, 3.05) is 6.54 Å². The molecule has 166 valence electrons. The quantitative estimate of drug-likeness (QED) is 0.308. The smallest absolute Gasteiger partial charge is 0.223 e. The standard InChI is InChI=1S/C27H36N2OS/c1-2-3-4-5-6-7-8-9-10-15-25(30)29-18-16-23-22-13-11-12-14-24(22)28-26(23)27(29)21-17-19-31-20-21/h11-14,17,19-20,27-28H,2-10,15-16,18H2,1H3. The molecule has 0 radical (unpaired) electrons. The van der Waals surface area contributed by atoms with E-state index in [2.05, 4.69) is 57.9 Å². The lowest BCUT2D eigenvalue weighted by Crippen LogP contribution is -2.40. The molecule has 3 aromatic rings. The molecule has 31 heavy (non-hydrogen) atoms. The highest BCUT2D eigenvalue weighted by atomic mass is 32.1. The topological polar surface area (TPSA) is 36.1 Å². The number of H-pyrrole nitrogens is 1. The van der Waals surface area contributed by atoms with E-state index in [4.69, 9.17) is 0 Å². The van der Waals surface area contributed by atoms with Crippen molar-refractivity contribution >= 4 is 28.1 Å². The van der Waals surface area contributed by atoms with Crippen molar-refractivity contribution in [3.05, 3.63) is 57.9 Å². The summed E-state index contributed by atoms with van der Waals surface area (Å²) >= 11 is 1.71. The lowest BCUT2D eigenvalue weighted by Gasteiger charge is -2.36. The molecule has 0 fully saturated rings. The average molecular weight is 437 g/mol. The number of fused-ring (bicyclic) bond motifs is 3. The number of rotatable bonds is 11. The lowest BCUT2D eigenvalue weighted by molar-refractivity contribution is -0.133. The summed E-state index contributed by atoms with van der Waals surface area (Å²) in [6.45, 7) is 3.08. The van der Waals surface area contributed by atoms with Gasteiger partial charge >= 0.3 is 0 Å². The first-order valence-corrected chi connectivity index (χ1v) is 13.1. The van der Waals surface area contributed by atoms with Gasteiger partial charge in [0.2, 0.25) is 5.91 Å². The Bertz CT molecular complexity index is 959. The van der Waals surface area contributed by atoms with E-state index >= 15 is 0 Å². The maximum absolute atomic E-state index is 13.3. The van der Waals surface area contributed by atoms with Crippen LogP contribution in [0.2, 0.25) is 0 Å². The third kappa shape index (κ3) is 5.23. The molecule has 1 N–H and O–H groups in total. The van der Waals surface area contributed by atoms with E-state index in [1.54, 1.807) is 11.3 Å². The summed E-state index contributed by atoms with van der Waals surface area (Å²) in [6.07, 6.45) is 13.2. The Balaban J connectivity index is 1.37. The molecular formula is C27H36N2OS. The van der Waals surface area contributed by atoms with Gasteiger partial charge in [0, 0.05) is 29.6 Å². The summed E-state index contributed by atoms with van der Waals surface area (Å²) in [5.41, 5.74) is 5.02. The molecule has 3 nitrogen and oxygen atoms in total. The molecule has 3 heterocycles. The summed E-state index contributed by atoms with van der Waals surface area (Å²) in [5, 5.41) is 5.63. The van der Waals surface area contributed by atoms with Crippen LogP contribution >= 0.6 is 11.3 Å². The number of carbonyl (C=O) groups is 1. The molecule has 2 aromatic heterocycles. The summed E-state index contributed by atoms with van der Waals surface area (Å²) < 4.78 is 0. The molecule has 0 bridgehead atoms. The predicted octanol–water partition coefficient (Wildman–Crippen LogP) is 7.62. The largest absolute Gasteiger partial charge is 0.356 e. The van der Waals surface area contributed by atoms with Crippen molar-refractivity contribution in [1.82, 2.24) is 9.88 Å². The summed E-state index contributed by atoms with van der Waals surface area (Å²) in [4.78, 5) is 19.0. The van der Waals surface area contributed by atoms with E-state index in [1.807, 2.05) is 0 Å². The second-order valence-corrected chi connectivity index (χ2v) is 9.72. The zero-order chi connectivity index (χ0) is 21.5. The molecule has 1 aliphatic heterocycles. The normalized spacial score (nSPS) is 16.0. The van der Waals surface area contributed by atoms with E-state index in [0.717, 1.165) is 19.4 Å². The van der Waals surface area contributed by atoms with E-state index in [1.165, 1.54) is 79.1 Å². The van der Waals surface area contributed by atoms with Gasteiger partial charge in [0.1, 0.15) is 0 Å². The maximum atomic E-state index is 13.3. The highest BCUT2D eigenvalue weighted by molar-refractivity contribution is 7.08.